The summed E-state index contributed by atoms with van der Waals surface area (Å²) in [6, 6.07) is 3.84. The molecule has 0 atom stereocenters. The molecule has 1 saturated heterocycles. The van der Waals surface area contributed by atoms with Gasteiger partial charge in [0.2, 0.25) is 5.91 Å². The third kappa shape index (κ3) is 3.89. The van der Waals surface area contributed by atoms with Gasteiger partial charge in [0, 0.05) is 26.1 Å². The molecule has 0 radical (unpaired) electrons. The molecule has 1 aromatic rings. The Hall–Kier alpha value is -1.29. The smallest absolute Gasteiger partial charge is 0.236 e. The van der Waals surface area contributed by atoms with Crippen LogP contribution in [0.25, 0.3) is 0 Å². The number of amides is 1. The van der Waals surface area contributed by atoms with Gasteiger partial charge in [-0.25, -0.2) is 0 Å². The van der Waals surface area contributed by atoms with Crippen molar-refractivity contribution in [3.8, 4) is 0 Å². The highest BCUT2D eigenvalue weighted by molar-refractivity contribution is 5.78. The molecule has 1 amide bonds. The molecule has 17 heavy (non-hydrogen) atoms. The van der Waals surface area contributed by atoms with Crippen molar-refractivity contribution < 1.29 is 9.21 Å². The standard InChI is InChI=1S/C13H20N2O2/c16-13(15-8-2-1-3-9-15)11-14-7-6-12-5-4-10-17-12/h4-5,10,14H,1-3,6-9,11H2. The molecule has 1 aliphatic heterocycles. The van der Waals surface area contributed by atoms with E-state index in [9.17, 15) is 4.79 Å². The highest BCUT2D eigenvalue weighted by atomic mass is 16.3. The lowest BCUT2D eigenvalue weighted by Gasteiger charge is -2.26. The van der Waals surface area contributed by atoms with Gasteiger partial charge in [-0.15, -0.1) is 0 Å². The molecule has 0 spiro atoms. The first-order chi connectivity index (χ1) is 8.36. The van der Waals surface area contributed by atoms with E-state index in [0.717, 1.165) is 44.7 Å². The third-order valence-electron chi connectivity index (χ3n) is 3.11. The summed E-state index contributed by atoms with van der Waals surface area (Å²) in [7, 11) is 0. The second-order valence-corrected chi connectivity index (χ2v) is 4.45. The molecule has 0 bridgehead atoms. The lowest BCUT2D eigenvalue weighted by Crippen LogP contribution is -2.41. The van der Waals surface area contributed by atoms with Crippen molar-refractivity contribution in [2.24, 2.45) is 0 Å². The molecule has 1 aromatic heterocycles. The predicted molar refractivity (Wildman–Crippen MR) is 65.7 cm³/mol. The first-order valence-corrected chi connectivity index (χ1v) is 6.37. The fourth-order valence-electron chi connectivity index (χ4n) is 2.12. The highest BCUT2D eigenvalue weighted by Gasteiger charge is 2.15. The number of furan rings is 1. The van der Waals surface area contributed by atoms with Crippen molar-refractivity contribution in [2.45, 2.75) is 25.7 Å². The van der Waals surface area contributed by atoms with Crippen LogP contribution in [0.3, 0.4) is 0 Å². The second kappa shape index (κ2) is 6.45. The molecule has 0 saturated carbocycles. The SMILES string of the molecule is O=C(CNCCc1ccco1)N1CCCCC1. The van der Waals surface area contributed by atoms with Gasteiger partial charge in [0.05, 0.1) is 12.8 Å². The highest BCUT2D eigenvalue weighted by Crippen LogP contribution is 2.08. The van der Waals surface area contributed by atoms with Crippen LogP contribution in [-0.4, -0.2) is 37.0 Å². The lowest BCUT2D eigenvalue weighted by molar-refractivity contribution is -0.131. The maximum atomic E-state index is 11.8. The van der Waals surface area contributed by atoms with Gasteiger partial charge in [0.1, 0.15) is 5.76 Å². The number of carbonyl (C=O) groups is 1. The normalized spacial score (nSPS) is 16.1. The Balaban J connectivity index is 1.59. The zero-order chi connectivity index (χ0) is 11.9. The van der Waals surface area contributed by atoms with Gasteiger partial charge in [-0.05, 0) is 31.4 Å². The van der Waals surface area contributed by atoms with Crippen molar-refractivity contribution in [1.82, 2.24) is 10.2 Å². The van der Waals surface area contributed by atoms with Crippen LogP contribution < -0.4 is 5.32 Å². The molecule has 2 heterocycles. The fourth-order valence-corrected chi connectivity index (χ4v) is 2.12. The Kier molecular flexibility index (Phi) is 4.62. The summed E-state index contributed by atoms with van der Waals surface area (Å²) in [5.41, 5.74) is 0. The predicted octanol–water partition coefficient (Wildman–Crippen LogP) is 1.42. The summed E-state index contributed by atoms with van der Waals surface area (Å²) in [6.07, 6.45) is 6.07. The molecule has 4 nitrogen and oxygen atoms in total. The maximum Gasteiger partial charge on any atom is 0.236 e. The van der Waals surface area contributed by atoms with E-state index in [1.54, 1.807) is 6.26 Å². The van der Waals surface area contributed by atoms with Crippen LogP contribution in [0, 0.1) is 0 Å². The zero-order valence-electron chi connectivity index (χ0n) is 10.2. The van der Waals surface area contributed by atoms with Crippen LogP contribution in [-0.2, 0) is 11.2 Å². The monoisotopic (exact) mass is 236 g/mol. The molecule has 4 heteroatoms. The van der Waals surface area contributed by atoms with Crippen molar-refractivity contribution in [3.05, 3.63) is 24.2 Å². The minimum atomic E-state index is 0.226. The number of rotatable bonds is 5. The quantitative estimate of drug-likeness (QED) is 0.787. The van der Waals surface area contributed by atoms with Crippen molar-refractivity contribution in [1.29, 1.82) is 0 Å². The average molecular weight is 236 g/mol. The van der Waals surface area contributed by atoms with Gasteiger partial charge >= 0.3 is 0 Å². The van der Waals surface area contributed by atoms with Crippen LogP contribution in [0.1, 0.15) is 25.0 Å². The van der Waals surface area contributed by atoms with E-state index in [1.165, 1.54) is 6.42 Å². The van der Waals surface area contributed by atoms with E-state index in [-0.39, 0.29) is 5.91 Å². The van der Waals surface area contributed by atoms with Gasteiger partial charge in [-0.3, -0.25) is 4.79 Å². The summed E-state index contributed by atoms with van der Waals surface area (Å²) < 4.78 is 5.22. The minimum Gasteiger partial charge on any atom is -0.469 e. The third-order valence-corrected chi connectivity index (χ3v) is 3.11. The number of piperidine rings is 1. The molecule has 0 aliphatic carbocycles. The zero-order valence-corrected chi connectivity index (χ0v) is 10.2. The largest absolute Gasteiger partial charge is 0.469 e. The van der Waals surface area contributed by atoms with Gasteiger partial charge in [0.25, 0.3) is 0 Å². The molecule has 1 aliphatic rings. The summed E-state index contributed by atoms with van der Waals surface area (Å²) in [6.45, 7) is 3.09. The van der Waals surface area contributed by atoms with E-state index in [4.69, 9.17) is 4.42 Å². The van der Waals surface area contributed by atoms with E-state index in [2.05, 4.69) is 5.32 Å². The van der Waals surface area contributed by atoms with Gasteiger partial charge in [-0.1, -0.05) is 0 Å². The molecular formula is C13H20N2O2. The van der Waals surface area contributed by atoms with Crippen LogP contribution in [0.5, 0.6) is 0 Å². The molecule has 1 fully saturated rings. The molecule has 94 valence electrons. The van der Waals surface area contributed by atoms with Crippen LogP contribution in [0.15, 0.2) is 22.8 Å². The van der Waals surface area contributed by atoms with Crippen molar-refractivity contribution in [2.75, 3.05) is 26.2 Å². The van der Waals surface area contributed by atoms with Gasteiger partial charge < -0.3 is 14.6 Å². The van der Waals surface area contributed by atoms with Gasteiger partial charge in [-0.2, -0.15) is 0 Å². The fraction of sp³-hybridized carbons (Fsp3) is 0.615. The number of nitrogens with one attached hydrogen (secondary N) is 1. The molecule has 2 rings (SSSR count). The number of hydrogen-bond donors (Lipinski definition) is 1. The lowest BCUT2D eigenvalue weighted by atomic mass is 10.1. The first kappa shape index (κ1) is 12.2. The molecule has 1 N–H and O–H groups in total. The summed E-state index contributed by atoms with van der Waals surface area (Å²) >= 11 is 0. The summed E-state index contributed by atoms with van der Waals surface area (Å²) in [5.74, 6) is 1.19. The Morgan fingerprint density at radius 1 is 1.35 bits per heavy atom. The molecule has 0 aromatic carbocycles. The number of nitrogens with zero attached hydrogens (tertiary/aromatic N) is 1. The van der Waals surface area contributed by atoms with E-state index in [0.29, 0.717) is 6.54 Å². The summed E-state index contributed by atoms with van der Waals surface area (Å²) in [5, 5.41) is 3.17. The minimum absolute atomic E-state index is 0.226. The Morgan fingerprint density at radius 2 is 2.18 bits per heavy atom. The maximum absolute atomic E-state index is 11.8. The van der Waals surface area contributed by atoms with Crippen molar-refractivity contribution in [3.63, 3.8) is 0 Å². The Morgan fingerprint density at radius 3 is 2.88 bits per heavy atom. The van der Waals surface area contributed by atoms with Crippen LogP contribution in [0.2, 0.25) is 0 Å². The van der Waals surface area contributed by atoms with E-state index in [1.807, 2.05) is 17.0 Å². The average Bonchev–Trinajstić information content (AvgIpc) is 2.88. The molecule has 0 unspecified atom stereocenters. The first-order valence-electron chi connectivity index (χ1n) is 6.37. The van der Waals surface area contributed by atoms with E-state index >= 15 is 0 Å². The van der Waals surface area contributed by atoms with Crippen LogP contribution in [0.4, 0.5) is 0 Å². The van der Waals surface area contributed by atoms with Crippen LogP contribution >= 0.6 is 0 Å². The summed E-state index contributed by atoms with van der Waals surface area (Å²) in [4.78, 5) is 13.8. The second-order valence-electron chi connectivity index (χ2n) is 4.45. The van der Waals surface area contributed by atoms with E-state index < -0.39 is 0 Å². The number of likely N-dealkylation sites (tertiary alicyclic amines) is 1. The van der Waals surface area contributed by atoms with Gasteiger partial charge in [0.15, 0.2) is 0 Å². The Labute approximate surface area is 102 Å². The number of carbonyl (C=O) groups excluding carboxylic acids is 1. The number of hydrogen-bond acceptors (Lipinski definition) is 3. The topological polar surface area (TPSA) is 45.5 Å². The molecular weight excluding hydrogens is 216 g/mol. The Bertz CT molecular complexity index is 329. The van der Waals surface area contributed by atoms with Crippen molar-refractivity contribution >= 4 is 5.91 Å².